The van der Waals surface area contributed by atoms with Gasteiger partial charge in [-0.2, -0.15) is 0 Å². The number of para-hydroxylation sites is 1. The molecule has 4 nitrogen and oxygen atoms in total. The smallest absolute Gasteiger partial charge is 0.291 e. The van der Waals surface area contributed by atoms with Gasteiger partial charge in [0, 0.05) is 11.1 Å². The molecule has 0 atom stereocenters. The molecule has 0 aliphatic carbocycles. The Hall–Kier alpha value is -2.82. The van der Waals surface area contributed by atoms with Crippen molar-refractivity contribution < 1.29 is 13.6 Å². The molecule has 0 saturated heterocycles. The van der Waals surface area contributed by atoms with E-state index < -0.39 is 11.7 Å². The van der Waals surface area contributed by atoms with E-state index in [1.54, 1.807) is 12.1 Å². The molecule has 0 bridgehead atoms. The third-order valence-electron chi connectivity index (χ3n) is 2.90. The predicted octanol–water partition coefficient (Wildman–Crippen LogP) is 3.41. The lowest BCUT2D eigenvalue weighted by molar-refractivity contribution is 0.0998. The second-order valence-corrected chi connectivity index (χ2v) is 4.34. The van der Waals surface area contributed by atoms with E-state index in [9.17, 15) is 9.18 Å². The highest BCUT2D eigenvalue weighted by molar-refractivity contribution is 6.04. The van der Waals surface area contributed by atoms with Gasteiger partial charge in [0.1, 0.15) is 11.4 Å². The van der Waals surface area contributed by atoms with Gasteiger partial charge in [0.25, 0.3) is 5.91 Å². The topological polar surface area (TPSA) is 68.3 Å². The number of nitrogens with two attached hydrogens (primary N) is 1. The Morgan fingerprint density at radius 2 is 1.95 bits per heavy atom. The summed E-state index contributed by atoms with van der Waals surface area (Å²) in [5.41, 5.74) is 6.47. The van der Waals surface area contributed by atoms with E-state index >= 15 is 0 Å². The first kappa shape index (κ1) is 12.2. The van der Waals surface area contributed by atoms with Gasteiger partial charge in [-0.25, -0.2) is 4.39 Å². The minimum absolute atomic E-state index is 0.0209. The summed E-state index contributed by atoms with van der Waals surface area (Å²) in [7, 11) is 0. The van der Waals surface area contributed by atoms with Crippen LogP contribution >= 0.6 is 0 Å². The lowest BCUT2D eigenvalue weighted by Gasteiger charge is -2.04. The van der Waals surface area contributed by atoms with Crippen LogP contribution in [0.5, 0.6) is 0 Å². The molecular formula is C15H11FN2O2. The molecule has 3 N–H and O–H groups in total. The molecule has 0 aliphatic heterocycles. The number of carbonyl (C=O) groups is 1. The number of fused-ring (bicyclic) bond motifs is 1. The first-order valence-electron chi connectivity index (χ1n) is 5.98. The van der Waals surface area contributed by atoms with Crippen molar-refractivity contribution >= 4 is 28.3 Å². The summed E-state index contributed by atoms with van der Waals surface area (Å²) in [5, 5.41) is 3.45. The van der Waals surface area contributed by atoms with Crippen molar-refractivity contribution in [2.45, 2.75) is 0 Å². The fourth-order valence-corrected chi connectivity index (χ4v) is 1.91. The van der Waals surface area contributed by atoms with Crippen LogP contribution in [0.4, 0.5) is 15.8 Å². The Morgan fingerprint density at radius 1 is 1.15 bits per heavy atom. The normalized spacial score (nSPS) is 10.7. The molecule has 5 heteroatoms. The van der Waals surface area contributed by atoms with Gasteiger partial charge in [0.2, 0.25) is 0 Å². The van der Waals surface area contributed by atoms with Crippen molar-refractivity contribution in [3.63, 3.8) is 0 Å². The average Bonchev–Trinajstić information content (AvgIpc) is 2.87. The Balaban J connectivity index is 1.86. The Labute approximate surface area is 114 Å². The zero-order valence-corrected chi connectivity index (χ0v) is 10.4. The number of nitrogen functional groups attached to an aromatic ring is 1. The van der Waals surface area contributed by atoms with E-state index in [4.69, 9.17) is 10.2 Å². The van der Waals surface area contributed by atoms with Crippen molar-refractivity contribution in [3.05, 3.63) is 60.1 Å². The highest BCUT2D eigenvalue weighted by Crippen LogP contribution is 2.21. The van der Waals surface area contributed by atoms with Crippen LogP contribution in [0.25, 0.3) is 11.0 Å². The number of nitrogens with one attached hydrogen (secondary N) is 1. The molecule has 1 amide bonds. The Morgan fingerprint density at radius 3 is 2.70 bits per heavy atom. The molecule has 2 aromatic carbocycles. The van der Waals surface area contributed by atoms with E-state index in [2.05, 4.69) is 5.32 Å². The van der Waals surface area contributed by atoms with Gasteiger partial charge in [0.15, 0.2) is 5.76 Å². The van der Waals surface area contributed by atoms with Crippen LogP contribution in [0.3, 0.4) is 0 Å². The molecule has 1 aromatic heterocycles. The molecule has 100 valence electrons. The van der Waals surface area contributed by atoms with Gasteiger partial charge >= 0.3 is 0 Å². The summed E-state index contributed by atoms with van der Waals surface area (Å²) in [5.74, 6) is -0.743. The molecule has 3 aromatic rings. The maximum Gasteiger partial charge on any atom is 0.291 e. The largest absolute Gasteiger partial charge is 0.451 e. The third kappa shape index (κ3) is 2.21. The number of rotatable bonds is 2. The summed E-state index contributed by atoms with van der Waals surface area (Å²) in [4.78, 5) is 12.0. The number of halogens is 1. The third-order valence-corrected chi connectivity index (χ3v) is 2.90. The van der Waals surface area contributed by atoms with Crippen LogP contribution in [0.15, 0.2) is 52.9 Å². The fourth-order valence-electron chi connectivity index (χ4n) is 1.91. The van der Waals surface area contributed by atoms with E-state index in [-0.39, 0.29) is 11.4 Å². The highest BCUT2D eigenvalue weighted by atomic mass is 19.1. The van der Waals surface area contributed by atoms with Crippen molar-refractivity contribution in [3.8, 4) is 0 Å². The summed E-state index contributed by atoms with van der Waals surface area (Å²) in [6, 6.07) is 13.0. The summed E-state index contributed by atoms with van der Waals surface area (Å²) in [6.45, 7) is 0. The number of furan rings is 1. The minimum Gasteiger partial charge on any atom is -0.451 e. The van der Waals surface area contributed by atoms with Gasteiger partial charge in [-0.15, -0.1) is 0 Å². The molecule has 0 saturated carbocycles. The summed E-state index contributed by atoms with van der Waals surface area (Å²) < 4.78 is 18.5. The summed E-state index contributed by atoms with van der Waals surface area (Å²) >= 11 is 0. The standard InChI is InChI=1S/C15H11FN2O2/c16-11-6-5-10(8-12(11)17)18-15(19)14-7-9-3-1-2-4-13(9)20-14/h1-8H,17H2,(H,18,19). The van der Waals surface area contributed by atoms with Crippen molar-refractivity contribution in [2.75, 3.05) is 11.1 Å². The molecule has 20 heavy (non-hydrogen) atoms. The first-order valence-corrected chi connectivity index (χ1v) is 5.98. The van der Waals surface area contributed by atoms with E-state index in [1.807, 2.05) is 18.2 Å². The zero-order chi connectivity index (χ0) is 14.1. The van der Waals surface area contributed by atoms with Crippen molar-refractivity contribution in [2.24, 2.45) is 0 Å². The van der Waals surface area contributed by atoms with E-state index in [0.29, 0.717) is 11.3 Å². The number of benzene rings is 2. The van der Waals surface area contributed by atoms with E-state index in [1.165, 1.54) is 18.2 Å². The van der Waals surface area contributed by atoms with Gasteiger partial charge < -0.3 is 15.5 Å². The lowest BCUT2D eigenvalue weighted by Crippen LogP contribution is -2.11. The van der Waals surface area contributed by atoms with Crippen LogP contribution in [0.1, 0.15) is 10.6 Å². The number of hydrogen-bond acceptors (Lipinski definition) is 3. The number of carbonyl (C=O) groups excluding carboxylic acids is 1. The SMILES string of the molecule is Nc1cc(NC(=O)c2cc3ccccc3o2)ccc1F. The number of amides is 1. The van der Waals surface area contributed by atoms with Crippen LogP contribution in [-0.2, 0) is 0 Å². The first-order chi connectivity index (χ1) is 9.63. The van der Waals surface area contributed by atoms with Crippen LogP contribution in [-0.4, -0.2) is 5.91 Å². The van der Waals surface area contributed by atoms with Crippen molar-refractivity contribution in [1.82, 2.24) is 0 Å². The van der Waals surface area contributed by atoms with Gasteiger partial charge in [0.05, 0.1) is 5.69 Å². The maximum absolute atomic E-state index is 13.0. The fraction of sp³-hybridized carbons (Fsp3) is 0. The van der Waals surface area contributed by atoms with Gasteiger partial charge in [-0.05, 0) is 30.3 Å². The minimum atomic E-state index is -0.522. The second-order valence-electron chi connectivity index (χ2n) is 4.34. The van der Waals surface area contributed by atoms with Crippen LogP contribution < -0.4 is 11.1 Å². The second kappa shape index (κ2) is 4.70. The number of anilines is 2. The molecule has 3 rings (SSSR count). The highest BCUT2D eigenvalue weighted by Gasteiger charge is 2.12. The van der Waals surface area contributed by atoms with Gasteiger partial charge in [-0.1, -0.05) is 18.2 Å². The molecule has 0 spiro atoms. The van der Waals surface area contributed by atoms with Gasteiger partial charge in [-0.3, -0.25) is 4.79 Å². The molecule has 0 radical (unpaired) electrons. The quantitative estimate of drug-likeness (QED) is 0.701. The average molecular weight is 270 g/mol. The monoisotopic (exact) mass is 270 g/mol. The molecule has 0 unspecified atom stereocenters. The molecular weight excluding hydrogens is 259 g/mol. The summed E-state index contributed by atoms with van der Waals surface area (Å²) in [6.07, 6.45) is 0. The molecule has 0 fully saturated rings. The maximum atomic E-state index is 13.0. The molecule has 0 aliphatic rings. The molecule has 1 heterocycles. The zero-order valence-electron chi connectivity index (χ0n) is 10.4. The Bertz CT molecular complexity index is 762. The predicted molar refractivity (Wildman–Crippen MR) is 75.0 cm³/mol. The van der Waals surface area contributed by atoms with Crippen molar-refractivity contribution in [1.29, 1.82) is 0 Å². The van der Waals surface area contributed by atoms with Crippen LogP contribution in [0.2, 0.25) is 0 Å². The number of hydrogen-bond donors (Lipinski definition) is 2. The van der Waals surface area contributed by atoms with Crippen LogP contribution in [0, 0.1) is 5.82 Å². The lowest BCUT2D eigenvalue weighted by atomic mass is 10.2. The van der Waals surface area contributed by atoms with E-state index in [0.717, 1.165) is 5.39 Å². The Kier molecular flexibility index (Phi) is 2.87.